The molecular weight excluding hydrogens is 271 g/mol. The van der Waals surface area contributed by atoms with E-state index in [-0.39, 0.29) is 5.82 Å². The van der Waals surface area contributed by atoms with Crippen molar-refractivity contribution in [3.8, 4) is 0 Å². The third kappa shape index (κ3) is 4.29. The van der Waals surface area contributed by atoms with Crippen LogP contribution in [0.1, 0.15) is 13.3 Å². The van der Waals surface area contributed by atoms with Crippen LogP contribution >= 0.6 is 0 Å². The van der Waals surface area contributed by atoms with Gasteiger partial charge in [-0.25, -0.2) is 9.18 Å². The van der Waals surface area contributed by atoms with Gasteiger partial charge in [0.15, 0.2) is 0 Å². The van der Waals surface area contributed by atoms with Crippen LogP contribution in [-0.2, 0) is 4.79 Å². The van der Waals surface area contributed by atoms with Gasteiger partial charge in [-0.1, -0.05) is 13.0 Å². The van der Waals surface area contributed by atoms with E-state index in [2.05, 4.69) is 9.80 Å². The smallest absolute Gasteiger partial charge is 0.331 e. The van der Waals surface area contributed by atoms with Gasteiger partial charge in [0, 0.05) is 44.0 Å². The second-order valence-corrected chi connectivity index (χ2v) is 5.15. The Bertz CT molecular complexity index is 506. The summed E-state index contributed by atoms with van der Waals surface area (Å²) >= 11 is 0. The summed E-state index contributed by atoms with van der Waals surface area (Å²) in [4.78, 5) is 15.4. The van der Waals surface area contributed by atoms with Crippen molar-refractivity contribution in [2.75, 3.05) is 37.6 Å². The van der Waals surface area contributed by atoms with E-state index in [9.17, 15) is 9.18 Å². The number of rotatable bonds is 5. The van der Waals surface area contributed by atoms with Crippen molar-refractivity contribution in [2.45, 2.75) is 13.3 Å². The first-order valence-electron chi connectivity index (χ1n) is 7.25. The molecule has 1 aromatic carbocycles. The minimum Gasteiger partial charge on any atom is -0.478 e. The molecule has 0 atom stereocenters. The number of nitrogens with zero attached hydrogens (tertiary/aromatic N) is 2. The molecule has 0 aromatic heterocycles. The predicted octanol–water partition coefficient (Wildman–Crippen LogP) is 2.37. The second-order valence-electron chi connectivity index (χ2n) is 5.15. The first-order valence-corrected chi connectivity index (χ1v) is 7.25. The van der Waals surface area contributed by atoms with Gasteiger partial charge in [0.05, 0.1) is 0 Å². The summed E-state index contributed by atoms with van der Waals surface area (Å²) in [7, 11) is 0. The molecule has 1 fully saturated rings. The average molecular weight is 292 g/mol. The van der Waals surface area contributed by atoms with Crippen LogP contribution in [0, 0.1) is 5.82 Å². The standard InChI is InChI=1S/C16H21FN2O2/c1-2-13(16(20)21)7-8-18-9-11-19(12-10-18)15-5-3-14(17)4-6-15/h3-7H,2,8-12H2,1H3,(H,20,21). The number of aliphatic carboxylic acids is 1. The largest absolute Gasteiger partial charge is 0.478 e. The van der Waals surface area contributed by atoms with Crippen LogP contribution in [0.2, 0.25) is 0 Å². The van der Waals surface area contributed by atoms with Crippen LogP contribution in [0.4, 0.5) is 10.1 Å². The van der Waals surface area contributed by atoms with E-state index < -0.39 is 5.97 Å². The molecule has 4 nitrogen and oxygen atoms in total. The SMILES string of the molecule is CCC(=CCN1CCN(c2ccc(F)cc2)CC1)C(=O)O. The van der Waals surface area contributed by atoms with Crippen LogP contribution in [-0.4, -0.2) is 48.7 Å². The predicted molar refractivity (Wildman–Crippen MR) is 81.1 cm³/mol. The number of carbonyl (C=O) groups is 1. The highest BCUT2D eigenvalue weighted by molar-refractivity contribution is 5.86. The lowest BCUT2D eigenvalue weighted by molar-refractivity contribution is -0.132. The minimum atomic E-state index is -0.831. The first kappa shape index (κ1) is 15.5. The molecule has 0 spiro atoms. The van der Waals surface area contributed by atoms with Gasteiger partial charge in [-0.3, -0.25) is 4.90 Å². The first-order chi connectivity index (χ1) is 10.1. The molecule has 0 bridgehead atoms. The summed E-state index contributed by atoms with van der Waals surface area (Å²) in [5.41, 5.74) is 1.50. The molecule has 1 N–H and O–H groups in total. The molecule has 1 heterocycles. The zero-order valence-electron chi connectivity index (χ0n) is 12.3. The van der Waals surface area contributed by atoms with Crippen molar-refractivity contribution in [1.82, 2.24) is 4.90 Å². The Kier molecular flexibility index (Phi) is 5.33. The Morgan fingerprint density at radius 2 is 1.86 bits per heavy atom. The molecule has 21 heavy (non-hydrogen) atoms. The summed E-state index contributed by atoms with van der Waals surface area (Å²) in [6.45, 7) is 6.02. The molecule has 0 aliphatic carbocycles. The number of anilines is 1. The summed E-state index contributed by atoms with van der Waals surface area (Å²) in [5.74, 6) is -1.05. The Labute approximate surface area is 124 Å². The maximum Gasteiger partial charge on any atom is 0.331 e. The highest BCUT2D eigenvalue weighted by atomic mass is 19.1. The molecule has 1 aromatic rings. The molecule has 0 amide bonds. The van der Waals surface area contributed by atoms with Crippen molar-refractivity contribution in [2.24, 2.45) is 0 Å². The molecule has 1 aliphatic rings. The quantitative estimate of drug-likeness (QED) is 0.846. The van der Waals surface area contributed by atoms with Crippen molar-refractivity contribution in [1.29, 1.82) is 0 Å². The maximum absolute atomic E-state index is 12.9. The van der Waals surface area contributed by atoms with Crippen LogP contribution in [0.25, 0.3) is 0 Å². The average Bonchev–Trinajstić information content (AvgIpc) is 2.49. The summed E-state index contributed by atoms with van der Waals surface area (Å²) < 4.78 is 12.9. The summed E-state index contributed by atoms with van der Waals surface area (Å²) in [6, 6.07) is 6.55. The fourth-order valence-corrected chi connectivity index (χ4v) is 2.46. The highest BCUT2D eigenvalue weighted by Gasteiger charge is 2.16. The van der Waals surface area contributed by atoms with Gasteiger partial charge in [0.25, 0.3) is 0 Å². The number of carboxylic acids is 1. The van der Waals surface area contributed by atoms with Gasteiger partial charge in [0.1, 0.15) is 5.82 Å². The van der Waals surface area contributed by atoms with Crippen LogP contribution < -0.4 is 4.90 Å². The van der Waals surface area contributed by atoms with E-state index in [1.807, 2.05) is 6.92 Å². The van der Waals surface area contributed by atoms with E-state index in [1.54, 1.807) is 18.2 Å². The van der Waals surface area contributed by atoms with E-state index in [0.717, 1.165) is 31.9 Å². The van der Waals surface area contributed by atoms with E-state index in [0.29, 0.717) is 18.5 Å². The Hall–Kier alpha value is -1.88. The molecule has 114 valence electrons. The summed E-state index contributed by atoms with van der Waals surface area (Å²) in [6.07, 6.45) is 2.35. The maximum atomic E-state index is 12.9. The molecule has 1 aliphatic heterocycles. The summed E-state index contributed by atoms with van der Waals surface area (Å²) in [5, 5.41) is 8.99. The van der Waals surface area contributed by atoms with Crippen LogP contribution in [0.15, 0.2) is 35.9 Å². The molecule has 2 rings (SSSR count). The van der Waals surface area contributed by atoms with Crippen molar-refractivity contribution < 1.29 is 14.3 Å². The Morgan fingerprint density at radius 3 is 2.38 bits per heavy atom. The van der Waals surface area contributed by atoms with Gasteiger partial charge in [-0.05, 0) is 30.7 Å². The van der Waals surface area contributed by atoms with Crippen LogP contribution in [0.3, 0.4) is 0 Å². The second kappa shape index (κ2) is 7.22. The van der Waals surface area contributed by atoms with Gasteiger partial charge < -0.3 is 10.0 Å². The number of piperazine rings is 1. The zero-order chi connectivity index (χ0) is 15.2. The normalized spacial score (nSPS) is 17.0. The molecule has 0 unspecified atom stereocenters. The number of hydrogen-bond acceptors (Lipinski definition) is 3. The van der Waals surface area contributed by atoms with E-state index in [4.69, 9.17) is 5.11 Å². The lowest BCUT2D eigenvalue weighted by Gasteiger charge is -2.35. The highest BCUT2D eigenvalue weighted by Crippen LogP contribution is 2.17. The zero-order valence-corrected chi connectivity index (χ0v) is 12.3. The molecule has 5 heteroatoms. The lowest BCUT2D eigenvalue weighted by atomic mass is 10.2. The van der Waals surface area contributed by atoms with Gasteiger partial charge in [-0.2, -0.15) is 0 Å². The fraction of sp³-hybridized carbons (Fsp3) is 0.438. The third-order valence-corrected chi connectivity index (χ3v) is 3.82. The van der Waals surface area contributed by atoms with E-state index in [1.165, 1.54) is 12.1 Å². The molecule has 0 radical (unpaired) electrons. The Morgan fingerprint density at radius 1 is 1.24 bits per heavy atom. The van der Waals surface area contributed by atoms with Gasteiger partial charge >= 0.3 is 5.97 Å². The Balaban J connectivity index is 1.86. The van der Waals surface area contributed by atoms with Crippen molar-refractivity contribution in [3.05, 3.63) is 41.7 Å². The minimum absolute atomic E-state index is 0.219. The molecule has 0 saturated carbocycles. The topological polar surface area (TPSA) is 43.8 Å². The number of hydrogen-bond donors (Lipinski definition) is 1. The monoisotopic (exact) mass is 292 g/mol. The number of benzene rings is 1. The third-order valence-electron chi connectivity index (χ3n) is 3.82. The number of carboxylic acid groups (broad SMARTS) is 1. The number of halogens is 1. The van der Waals surface area contributed by atoms with E-state index >= 15 is 0 Å². The molecular formula is C16H21FN2O2. The van der Waals surface area contributed by atoms with Gasteiger partial charge in [-0.15, -0.1) is 0 Å². The lowest BCUT2D eigenvalue weighted by Crippen LogP contribution is -2.46. The van der Waals surface area contributed by atoms with Crippen molar-refractivity contribution in [3.63, 3.8) is 0 Å². The van der Waals surface area contributed by atoms with Crippen LogP contribution in [0.5, 0.6) is 0 Å². The van der Waals surface area contributed by atoms with Gasteiger partial charge in [0.2, 0.25) is 0 Å². The van der Waals surface area contributed by atoms with Crippen molar-refractivity contribution >= 4 is 11.7 Å². The molecule has 1 saturated heterocycles. The fourth-order valence-electron chi connectivity index (χ4n) is 2.46.